The summed E-state index contributed by atoms with van der Waals surface area (Å²) < 4.78 is 6.17. The van der Waals surface area contributed by atoms with E-state index in [2.05, 4.69) is 55.6 Å². The Labute approximate surface area is 120 Å². The molecule has 1 heterocycles. The maximum Gasteiger partial charge on any atom is 0.130 e. The molecule has 20 heavy (non-hydrogen) atoms. The summed E-state index contributed by atoms with van der Waals surface area (Å²) in [5, 5.41) is 3.20. The first-order valence-corrected chi connectivity index (χ1v) is 7.20. The fourth-order valence-corrected chi connectivity index (χ4v) is 2.93. The highest BCUT2D eigenvalue weighted by atomic mass is 16.5. The monoisotopic (exact) mass is 267 g/mol. The Balaban J connectivity index is 2.05. The number of hydrogen-bond acceptors (Lipinski definition) is 2. The molecule has 1 N–H and O–H groups in total. The molecule has 1 aliphatic heterocycles. The van der Waals surface area contributed by atoms with E-state index in [4.69, 9.17) is 4.74 Å². The Morgan fingerprint density at radius 3 is 2.65 bits per heavy atom. The second kappa shape index (κ2) is 5.29. The van der Waals surface area contributed by atoms with Crippen LogP contribution >= 0.6 is 0 Å². The van der Waals surface area contributed by atoms with Gasteiger partial charge in [-0.25, -0.2) is 0 Å². The third-order valence-electron chi connectivity index (χ3n) is 4.16. The molecule has 1 aliphatic rings. The van der Waals surface area contributed by atoms with Crippen LogP contribution in [0.25, 0.3) is 11.1 Å². The van der Waals surface area contributed by atoms with Crippen molar-refractivity contribution in [2.45, 2.75) is 26.4 Å². The SMILES string of the molecule is CNCC1Cc2cccc(-c3cccc(C)c3C)c2O1. The summed E-state index contributed by atoms with van der Waals surface area (Å²) in [4.78, 5) is 0. The molecule has 0 saturated heterocycles. The Kier molecular flexibility index (Phi) is 3.49. The highest BCUT2D eigenvalue weighted by Gasteiger charge is 2.25. The number of ether oxygens (including phenoxy) is 1. The van der Waals surface area contributed by atoms with E-state index in [0.29, 0.717) is 0 Å². The van der Waals surface area contributed by atoms with Crippen LogP contribution in [0, 0.1) is 13.8 Å². The number of para-hydroxylation sites is 1. The predicted octanol–water partition coefficient (Wildman–Crippen LogP) is 3.49. The maximum atomic E-state index is 6.17. The van der Waals surface area contributed by atoms with Gasteiger partial charge >= 0.3 is 0 Å². The minimum absolute atomic E-state index is 0.251. The van der Waals surface area contributed by atoms with Gasteiger partial charge < -0.3 is 10.1 Å². The maximum absolute atomic E-state index is 6.17. The molecule has 0 amide bonds. The number of hydrogen-bond donors (Lipinski definition) is 1. The van der Waals surface area contributed by atoms with Gasteiger partial charge in [-0.05, 0) is 43.1 Å². The van der Waals surface area contributed by atoms with E-state index in [0.717, 1.165) is 18.7 Å². The average molecular weight is 267 g/mol. The van der Waals surface area contributed by atoms with Crippen molar-refractivity contribution in [2.75, 3.05) is 13.6 Å². The summed E-state index contributed by atoms with van der Waals surface area (Å²) in [5.74, 6) is 1.07. The molecule has 0 fully saturated rings. The first kappa shape index (κ1) is 13.2. The molecule has 1 atom stereocenters. The topological polar surface area (TPSA) is 21.3 Å². The molecular weight excluding hydrogens is 246 g/mol. The second-order valence-electron chi connectivity index (χ2n) is 5.54. The highest BCUT2D eigenvalue weighted by molar-refractivity contribution is 5.76. The highest BCUT2D eigenvalue weighted by Crippen LogP contribution is 2.40. The van der Waals surface area contributed by atoms with E-state index in [1.165, 1.54) is 27.8 Å². The van der Waals surface area contributed by atoms with Crippen LogP contribution in [0.5, 0.6) is 5.75 Å². The van der Waals surface area contributed by atoms with Gasteiger partial charge in [-0.2, -0.15) is 0 Å². The van der Waals surface area contributed by atoms with Crippen molar-refractivity contribution in [3.8, 4) is 16.9 Å². The Morgan fingerprint density at radius 1 is 1.10 bits per heavy atom. The number of likely N-dealkylation sites (N-methyl/N-ethyl adjacent to an activating group) is 1. The quantitative estimate of drug-likeness (QED) is 0.919. The molecule has 0 bridgehead atoms. The zero-order chi connectivity index (χ0) is 14.1. The van der Waals surface area contributed by atoms with Crippen LogP contribution in [0.3, 0.4) is 0 Å². The number of benzene rings is 2. The van der Waals surface area contributed by atoms with Crippen LogP contribution in [-0.4, -0.2) is 19.7 Å². The molecule has 2 heteroatoms. The van der Waals surface area contributed by atoms with Crippen LogP contribution < -0.4 is 10.1 Å². The zero-order valence-corrected chi connectivity index (χ0v) is 12.4. The molecule has 0 aliphatic carbocycles. The lowest BCUT2D eigenvalue weighted by atomic mass is 9.95. The van der Waals surface area contributed by atoms with Crippen LogP contribution in [0.1, 0.15) is 16.7 Å². The lowest BCUT2D eigenvalue weighted by Crippen LogP contribution is -2.27. The molecule has 2 aromatic rings. The lowest BCUT2D eigenvalue weighted by molar-refractivity contribution is 0.232. The van der Waals surface area contributed by atoms with Crippen molar-refractivity contribution in [3.63, 3.8) is 0 Å². The molecule has 104 valence electrons. The molecule has 2 aromatic carbocycles. The van der Waals surface area contributed by atoms with Gasteiger partial charge in [0.15, 0.2) is 0 Å². The Hall–Kier alpha value is -1.80. The summed E-state index contributed by atoms with van der Waals surface area (Å²) in [7, 11) is 1.97. The minimum atomic E-state index is 0.251. The van der Waals surface area contributed by atoms with Crippen molar-refractivity contribution in [1.29, 1.82) is 0 Å². The number of nitrogens with one attached hydrogen (secondary N) is 1. The van der Waals surface area contributed by atoms with Gasteiger partial charge in [-0.15, -0.1) is 0 Å². The van der Waals surface area contributed by atoms with E-state index in [1.54, 1.807) is 0 Å². The van der Waals surface area contributed by atoms with Crippen molar-refractivity contribution < 1.29 is 4.74 Å². The van der Waals surface area contributed by atoms with E-state index in [9.17, 15) is 0 Å². The first-order chi connectivity index (χ1) is 9.70. The Bertz CT molecular complexity index is 633. The standard InChI is InChI=1S/C18H21NO/c1-12-6-4-8-16(13(12)2)17-9-5-7-14-10-15(11-19-3)20-18(14)17/h4-9,15,19H,10-11H2,1-3H3. The van der Waals surface area contributed by atoms with Crippen LogP contribution in [0.4, 0.5) is 0 Å². The van der Waals surface area contributed by atoms with Crippen molar-refractivity contribution >= 4 is 0 Å². The summed E-state index contributed by atoms with van der Waals surface area (Å²) in [5.41, 5.74) is 6.49. The largest absolute Gasteiger partial charge is 0.488 e. The average Bonchev–Trinajstić information content (AvgIpc) is 2.85. The minimum Gasteiger partial charge on any atom is -0.488 e. The predicted molar refractivity (Wildman–Crippen MR) is 83.4 cm³/mol. The second-order valence-corrected chi connectivity index (χ2v) is 5.54. The lowest BCUT2D eigenvalue weighted by Gasteiger charge is -2.14. The molecule has 0 saturated carbocycles. The van der Waals surface area contributed by atoms with E-state index < -0.39 is 0 Å². The van der Waals surface area contributed by atoms with Crippen LogP contribution in [0.2, 0.25) is 0 Å². The number of aryl methyl sites for hydroxylation is 1. The van der Waals surface area contributed by atoms with Gasteiger partial charge in [0.05, 0.1) is 0 Å². The smallest absolute Gasteiger partial charge is 0.130 e. The molecule has 0 aromatic heterocycles. The van der Waals surface area contributed by atoms with Gasteiger partial charge in [0, 0.05) is 18.5 Å². The molecule has 0 spiro atoms. The van der Waals surface area contributed by atoms with Gasteiger partial charge in [0.25, 0.3) is 0 Å². The van der Waals surface area contributed by atoms with Gasteiger partial charge in [-0.1, -0.05) is 36.4 Å². The number of rotatable bonds is 3. The van der Waals surface area contributed by atoms with Crippen molar-refractivity contribution in [1.82, 2.24) is 5.32 Å². The summed E-state index contributed by atoms with van der Waals surface area (Å²) >= 11 is 0. The fourth-order valence-electron chi connectivity index (χ4n) is 2.93. The van der Waals surface area contributed by atoms with Crippen molar-refractivity contribution in [2.24, 2.45) is 0 Å². The third-order valence-corrected chi connectivity index (χ3v) is 4.16. The van der Waals surface area contributed by atoms with E-state index in [1.807, 2.05) is 7.05 Å². The van der Waals surface area contributed by atoms with Crippen LogP contribution in [0.15, 0.2) is 36.4 Å². The third kappa shape index (κ3) is 2.20. The molecule has 3 rings (SSSR count). The van der Waals surface area contributed by atoms with E-state index in [-0.39, 0.29) is 6.10 Å². The summed E-state index contributed by atoms with van der Waals surface area (Å²) in [6.45, 7) is 5.23. The zero-order valence-electron chi connectivity index (χ0n) is 12.4. The molecule has 0 radical (unpaired) electrons. The van der Waals surface area contributed by atoms with Crippen molar-refractivity contribution in [3.05, 3.63) is 53.1 Å². The van der Waals surface area contributed by atoms with Crippen LogP contribution in [-0.2, 0) is 6.42 Å². The number of fused-ring (bicyclic) bond motifs is 1. The first-order valence-electron chi connectivity index (χ1n) is 7.20. The van der Waals surface area contributed by atoms with E-state index >= 15 is 0 Å². The molecular formula is C18H21NO. The summed E-state index contributed by atoms with van der Waals surface area (Å²) in [6.07, 6.45) is 1.25. The molecule has 2 nitrogen and oxygen atoms in total. The molecule has 1 unspecified atom stereocenters. The Morgan fingerprint density at radius 2 is 1.85 bits per heavy atom. The summed E-state index contributed by atoms with van der Waals surface area (Å²) in [6, 6.07) is 13.0. The van der Waals surface area contributed by atoms with Gasteiger partial charge in [0.1, 0.15) is 11.9 Å². The van der Waals surface area contributed by atoms with Gasteiger partial charge in [-0.3, -0.25) is 0 Å². The fraction of sp³-hybridized carbons (Fsp3) is 0.333. The van der Waals surface area contributed by atoms with Gasteiger partial charge in [0.2, 0.25) is 0 Å². The normalized spacial score (nSPS) is 16.9.